The van der Waals surface area contributed by atoms with E-state index in [1.165, 1.54) is 0 Å². The number of amides is 7. The lowest BCUT2D eigenvalue weighted by Crippen LogP contribution is -2.60. The molecule has 7 amide bonds. The first-order chi connectivity index (χ1) is 24.8. The second-order valence-corrected chi connectivity index (χ2v) is 12.6. The molecule has 0 radical (unpaired) electrons. The number of carboxylic acid groups (broad SMARTS) is 1. The number of aliphatic carboxylic acids is 1. The normalized spacial score (nSPS) is 14.3. The second-order valence-electron chi connectivity index (χ2n) is 12.6. The number of nitrogens with zero attached hydrogens (tertiary/aromatic N) is 1. The van der Waals surface area contributed by atoms with Crippen molar-refractivity contribution in [1.82, 2.24) is 37.2 Å². The highest BCUT2D eigenvalue weighted by atomic mass is 16.4. The molecule has 53 heavy (non-hydrogen) atoms. The van der Waals surface area contributed by atoms with E-state index in [0.717, 1.165) is 0 Å². The van der Waals surface area contributed by atoms with Gasteiger partial charge < -0.3 is 74.8 Å². The van der Waals surface area contributed by atoms with E-state index in [-0.39, 0.29) is 37.7 Å². The SMILES string of the molecule is CC(C)CC(NC(=O)C(NC(=O)C(CO)NC(=O)C(CCCN=C(N)N)NC(=O)CNC(=O)C(CO)NC(=O)CNC(=O)C(N)CO)C(C)C)C(=O)O. The van der Waals surface area contributed by atoms with Crippen LogP contribution in [0.15, 0.2) is 4.99 Å². The molecule has 23 heteroatoms. The third-order valence-corrected chi connectivity index (χ3v) is 7.20. The molecule has 0 rings (SSSR count). The van der Waals surface area contributed by atoms with Gasteiger partial charge in [-0.15, -0.1) is 0 Å². The van der Waals surface area contributed by atoms with E-state index >= 15 is 0 Å². The lowest BCUT2D eigenvalue weighted by Gasteiger charge is -2.27. The Bertz CT molecular complexity index is 1290. The van der Waals surface area contributed by atoms with Crippen LogP contribution < -0.4 is 54.4 Å². The van der Waals surface area contributed by atoms with Crippen molar-refractivity contribution >= 4 is 53.3 Å². The molecular formula is C30H55N11O12. The van der Waals surface area contributed by atoms with Crippen molar-refractivity contribution in [3.63, 3.8) is 0 Å². The summed E-state index contributed by atoms with van der Waals surface area (Å²) in [5.41, 5.74) is 16.0. The minimum absolute atomic E-state index is 0.0340. The van der Waals surface area contributed by atoms with Gasteiger partial charge in [0.05, 0.1) is 32.9 Å². The van der Waals surface area contributed by atoms with Gasteiger partial charge in [-0.1, -0.05) is 27.7 Å². The number of rotatable bonds is 25. The number of nitrogens with one attached hydrogen (secondary N) is 7. The van der Waals surface area contributed by atoms with Crippen LogP contribution in [0, 0.1) is 11.8 Å². The fourth-order valence-electron chi connectivity index (χ4n) is 4.34. The van der Waals surface area contributed by atoms with Gasteiger partial charge in [0.15, 0.2) is 5.96 Å². The van der Waals surface area contributed by atoms with Gasteiger partial charge in [0.2, 0.25) is 41.4 Å². The maximum Gasteiger partial charge on any atom is 0.326 e. The van der Waals surface area contributed by atoms with E-state index in [9.17, 15) is 53.7 Å². The molecule has 17 N–H and O–H groups in total. The van der Waals surface area contributed by atoms with Crippen molar-refractivity contribution in [2.24, 2.45) is 34.0 Å². The van der Waals surface area contributed by atoms with Crippen LogP contribution in [0.4, 0.5) is 0 Å². The van der Waals surface area contributed by atoms with Crippen LogP contribution in [-0.4, -0.2) is 149 Å². The van der Waals surface area contributed by atoms with Gasteiger partial charge in [0, 0.05) is 6.54 Å². The Hall–Kier alpha value is -5.13. The van der Waals surface area contributed by atoms with Crippen molar-refractivity contribution in [2.75, 3.05) is 39.5 Å². The maximum absolute atomic E-state index is 13.3. The number of carbonyl (C=O) groups excluding carboxylic acids is 7. The number of hydrogen-bond acceptors (Lipinski definition) is 13. The molecule has 0 saturated carbocycles. The van der Waals surface area contributed by atoms with Gasteiger partial charge in [0.1, 0.15) is 36.3 Å². The topological polar surface area (TPSA) is 392 Å². The van der Waals surface area contributed by atoms with E-state index in [2.05, 4.69) is 42.2 Å². The zero-order valence-corrected chi connectivity index (χ0v) is 30.2. The number of hydrogen-bond donors (Lipinski definition) is 14. The first-order valence-corrected chi connectivity index (χ1v) is 16.7. The number of aliphatic hydroxyl groups excluding tert-OH is 3. The number of nitrogens with two attached hydrogens (primary N) is 3. The lowest BCUT2D eigenvalue weighted by molar-refractivity contribution is -0.143. The summed E-state index contributed by atoms with van der Waals surface area (Å²) in [5, 5.41) is 53.8. The summed E-state index contributed by atoms with van der Waals surface area (Å²) in [6.07, 6.45) is 0.150. The summed E-state index contributed by atoms with van der Waals surface area (Å²) in [5.74, 6) is -8.55. The van der Waals surface area contributed by atoms with Crippen LogP contribution in [0.3, 0.4) is 0 Å². The Labute approximate surface area is 306 Å². The van der Waals surface area contributed by atoms with Crippen molar-refractivity contribution in [2.45, 2.75) is 83.2 Å². The van der Waals surface area contributed by atoms with E-state index < -0.39 is 122 Å². The molecule has 0 aromatic heterocycles. The van der Waals surface area contributed by atoms with Crippen LogP contribution in [0.5, 0.6) is 0 Å². The summed E-state index contributed by atoms with van der Waals surface area (Å²) in [6.45, 7) is 2.83. The molecule has 0 aliphatic carbocycles. The third kappa shape index (κ3) is 19.3. The fourth-order valence-corrected chi connectivity index (χ4v) is 4.34. The van der Waals surface area contributed by atoms with E-state index in [1.54, 1.807) is 27.7 Å². The van der Waals surface area contributed by atoms with Crippen LogP contribution >= 0.6 is 0 Å². The molecule has 0 saturated heterocycles. The van der Waals surface area contributed by atoms with E-state index in [0.29, 0.717) is 0 Å². The van der Waals surface area contributed by atoms with Crippen molar-refractivity contribution < 1.29 is 58.8 Å². The first kappa shape index (κ1) is 47.9. The quantitative estimate of drug-likeness (QED) is 0.0233. The van der Waals surface area contributed by atoms with Gasteiger partial charge in [-0.05, 0) is 31.1 Å². The van der Waals surface area contributed by atoms with Gasteiger partial charge in [-0.2, -0.15) is 0 Å². The van der Waals surface area contributed by atoms with Gasteiger partial charge >= 0.3 is 5.97 Å². The highest BCUT2D eigenvalue weighted by Crippen LogP contribution is 2.08. The third-order valence-electron chi connectivity index (χ3n) is 7.20. The Morgan fingerprint density at radius 3 is 1.58 bits per heavy atom. The molecule has 0 spiro atoms. The second kappa shape index (κ2) is 24.9. The molecule has 6 atom stereocenters. The summed E-state index contributed by atoms with van der Waals surface area (Å²) in [4.78, 5) is 104. The number of aliphatic hydroxyl groups is 3. The van der Waals surface area contributed by atoms with Gasteiger partial charge in [-0.25, -0.2) is 4.79 Å². The van der Waals surface area contributed by atoms with Crippen LogP contribution in [0.1, 0.15) is 47.0 Å². The van der Waals surface area contributed by atoms with Crippen LogP contribution in [-0.2, 0) is 38.4 Å². The molecule has 0 aliphatic heterocycles. The predicted molar refractivity (Wildman–Crippen MR) is 187 cm³/mol. The number of carboxylic acids is 1. The minimum Gasteiger partial charge on any atom is -0.480 e. The Kier molecular flexibility index (Phi) is 22.5. The van der Waals surface area contributed by atoms with E-state index in [1.807, 2.05) is 0 Å². The molecule has 0 aliphatic rings. The van der Waals surface area contributed by atoms with E-state index in [4.69, 9.17) is 22.3 Å². The average molecular weight is 762 g/mol. The van der Waals surface area contributed by atoms with Crippen molar-refractivity contribution in [3.8, 4) is 0 Å². The first-order valence-electron chi connectivity index (χ1n) is 16.7. The standard InChI is InChI=1S/C30H55N11O12/c1-14(2)8-18(29(52)53)39-28(51)23(15(3)4)41-27(50)20(13-44)40-26(49)17(6-5-7-34-30(32)33)37-21(45)10-36-25(48)19(12-43)38-22(46)9-35-24(47)16(31)11-42/h14-20,23,42-44H,5-13,31H2,1-4H3,(H,35,47)(H,36,48)(H,37,45)(H,38,46)(H,39,51)(H,40,49)(H,41,50)(H,52,53)(H4,32,33,34). The van der Waals surface area contributed by atoms with Crippen LogP contribution in [0.25, 0.3) is 0 Å². The van der Waals surface area contributed by atoms with Crippen LogP contribution in [0.2, 0.25) is 0 Å². The molecule has 0 bridgehead atoms. The summed E-state index contributed by atoms with van der Waals surface area (Å²) in [6, 6.07) is -8.33. The molecule has 0 heterocycles. The Morgan fingerprint density at radius 2 is 1.11 bits per heavy atom. The largest absolute Gasteiger partial charge is 0.480 e. The molecule has 302 valence electrons. The number of guanidine groups is 1. The Morgan fingerprint density at radius 1 is 0.623 bits per heavy atom. The highest BCUT2D eigenvalue weighted by molar-refractivity contribution is 5.96. The minimum atomic E-state index is -1.63. The molecule has 0 aromatic rings. The molecular weight excluding hydrogens is 706 g/mol. The van der Waals surface area contributed by atoms with Gasteiger partial charge in [-0.3, -0.25) is 38.6 Å². The monoisotopic (exact) mass is 761 g/mol. The zero-order chi connectivity index (χ0) is 40.8. The smallest absolute Gasteiger partial charge is 0.326 e. The summed E-state index contributed by atoms with van der Waals surface area (Å²) in [7, 11) is 0. The number of carbonyl (C=O) groups is 8. The fraction of sp³-hybridized carbons (Fsp3) is 0.700. The molecule has 6 unspecified atom stereocenters. The molecule has 23 nitrogen and oxygen atoms in total. The highest BCUT2D eigenvalue weighted by Gasteiger charge is 2.33. The van der Waals surface area contributed by atoms with Crippen molar-refractivity contribution in [3.05, 3.63) is 0 Å². The van der Waals surface area contributed by atoms with Crippen molar-refractivity contribution in [1.29, 1.82) is 0 Å². The zero-order valence-electron chi connectivity index (χ0n) is 30.2. The van der Waals surface area contributed by atoms with Gasteiger partial charge in [0.25, 0.3) is 0 Å². The summed E-state index contributed by atoms with van der Waals surface area (Å²) < 4.78 is 0. The average Bonchev–Trinajstić information content (AvgIpc) is 3.09. The summed E-state index contributed by atoms with van der Waals surface area (Å²) >= 11 is 0. The molecule has 0 fully saturated rings. The number of aliphatic imine (C=N–C) groups is 1. The predicted octanol–water partition coefficient (Wildman–Crippen LogP) is -7.21. The Balaban J connectivity index is 5.62. The maximum atomic E-state index is 13.3. The lowest BCUT2D eigenvalue weighted by atomic mass is 10.00. The molecule has 0 aromatic carbocycles.